The second kappa shape index (κ2) is 7.76. The minimum atomic E-state index is -0.138. The summed E-state index contributed by atoms with van der Waals surface area (Å²) in [6.45, 7) is 4.68. The summed E-state index contributed by atoms with van der Waals surface area (Å²) in [5.41, 5.74) is 2.32. The predicted molar refractivity (Wildman–Crippen MR) is 91.3 cm³/mol. The first-order chi connectivity index (χ1) is 11.0. The quantitative estimate of drug-likeness (QED) is 0.850. The number of rotatable bonds is 7. The van der Waals surface area contributed by atoms with Crippen LogP contribution in [-0.2, 0) is 17.8 Å². The number of carbonyl (C=O) groups is 1. The van der Waals surface area contributed by atoms with Gasteiger partial charge in [0.1, 0.15) is 12.2 Å². The van der Waals surface area contributed by atoms with E-state index in [9.17, 15) is 4.79 Å². The third kappa shape index (κ3) is 4.55. The number of nitrogens with one attached hydrogen (secondary N) is 1. The van der Waals surface area contributed by atoms with Gasteiger partial charge in [-0.05, 0) is 38.0 Å². The predicted octanol–water partition coefficient (Wildman–Crippen LogP) is 2.17. The molecule has 2 rings (SSSR count). The summed E-state index contributed by atoms with van der Waals surface area (Å²) in [5.74, 6) is 0.816. The van der Waals surface area contributed by atoms with E-state index >= 15 is 0 Å². The first-order valence-corrected chi connectivity index (χ1v) is 7.94. The number of hydrogen-bond acceptors (Lipinski definition) is 4. The van der Waals surface area contributed by atoms with Crippen molar-refractivity contribution < 1.29 is 4.79 Å². The molecular weight excluding hydrogens is 290 g/mol. The van der Waals surface area contributed by atoms with E-state index in [1.54, 1.807) is 4.68 Å². The molecule has 6 nitrogen and oxygen atoms in total. The van der Waals surface area contributed by atoms with E-state index in [0.29, 0.717) is 6.42 Å². The summed E-state index contributed by atoms with van der Waals surface area (Å²) in [6.07, 6.45) is 2.71. The Balaban J connectivity index is 1.85. The number of anilines is 1. The Morgan fingerprint density at radius 1 is 1.30 bits per heavy atom. The molecule has 0 spiro atoms. The van der Waals surface area contributed by atoms with Crippen molar-refractivity contribution in [3.05, 3.63) is 42.0 Å². The Bertz CT molecular complexity index is 633. The minimum absolute atomic E-state index is 0.0276. The molecule has 0 aliphatic rings. The molecule has 1 heterocycles. The van der Waals surface area contributed by atoms with Gasteiger partial charge in [-0.15, -0.1) is 0 Å². The van der Waals surface area contributed by atoms with Crippen molar-refractivity contribution in [3.63, 3.8) is 0 Å². The van der Waals surface area contributed by atoms with Gasteiger partial charge < -0.3 is 10.2 Å². The van der Waals surface area contributed by atoms with Crippen LogP contribution < -0.4 is 10.2 Å². The van der Waals surface area contributed by atoms with Crippen LogP contribution in [0.5, 0.6) is 0 Å². The minimum Gasteiger partial charge on any atom is -0.378 e. The summed E-state index contributed by atoms with van der Waals surface area (Å²) in [6, 6.07) is 8.14. The average molecular weight is 315 g/mol. The van der Waals surface area contributed by atoms with Gasteiger partial charge in [-0.2, -0.15) is 5.10 Å². The highest BCUT2D eigenvalue weighted by molar-refractivity contribution is 5.76. The first-order valence-electron chi connectivity index (χ1n) is 7.94. The molecule has 6 heteroatoms. The summed E-state index contributed by atoms with van der Waals surface area (Å²) in [4.78, 5) is 18.4. The normalized spacial score (nSPS) is 12.0. The van der Waals surface area contributed by atoms with E-state index in [-0.39, 0.29) is 11.9 Å². The van der Waals surface area contributed by atoms with Crippen LogP contribution in [0, 0.1) is 0 Å². The molecule has 23 heavy (non-hydrogen) atoms. The van der Waals surface area contributed by atoms with Crippen molar-refractivity contribution in [3.8, 4) is 0 Å². The topological polar surface area (TPSA) is 63.1 Å². The van der Waals surface area contributed by atoms with E-state index in [1.807, 2.05) is 27.9 Å². The zero-order valence-electron chi connectivity index (χ0n) is 14.3. The molecule has 0 bridgehead atoms. The van der Waals surface area contributed by atoms with E-state index in [4.69, 9.17) is 0 Å². The van der Waals surface area contributed by atoms with Crippen molar-refractivity contribution in [2.24, 2.45) is 0 Å². The second-order valence-corrected chi connectivity index (χ2v) is 5.78. The Morgan fingerprint density at radius 3 is 2.61 bits per heavy atom. The van der Waals surface area contributed by atoms with Crippen LogP contribution in [0.3, 0.4) is 0 Å². The Morgan fingerprint density at radius 2 is 2.00 bits per heavy atom. The van der Waals surface area contributed by atoms with Crippen LogP contribution in [0.2, 0.25) is 0 Å². The molecule has 0 saturated carbocycles. The van der Waals surface area contributed by atoms with Crippen molar-refractivity contribution >= 4 is 11.6 Å². The fraction of sp³-hybridized carbons (Fsp3) is 0.471. The van der Waals surface area contributed by atoms with E-state index in [1.165, 1.54) is 6.33 Å². The smallest absolute Gasteiger partial charge is 0.220 e. The lowest BCUT2D eigenvalue weighted by Gasteiger charge is -2.14. The molecule has 124 valence electrons. The highest BCUT2D eigenvalue weighted by Gasteiger charge is 2.14. The number of amides is 1. The lowest BCUT2D eigenvalue weighted by Crippen LogP contribution is -2.29. The van der Waals surface area contributed by atoms with Crippen LogP contribution in [0.4, 0.5) is 5.69 Å². The lowest BCUT2D eigenvalue weighted by atomic mass is 10.1. The maximum absolute atomic E-state index is 12.1. The number of aromatic nitrogens is 3. The zero-order chi connectivity index (χ0) is 16.8. The molecule has 2 aromatic rings. The van der Waals surface area contributed by atoms with Crippen LogP contribution in [0.1, 0.15) is 37.7 Å². The van der Waals surface area contributed by atoms with Crippen LogP contribution >= 0.6 is 0 Å². The fourth-order valence-corrected chi connectivity index (χ4v) is 2.45. The van der Waals surface area contributed by atoms with Crippen LogP contribution in [0.15, 0.2) is 30.6 Å². The van der Waals surface area contributed by atoms with Crippen molar-refractivity contribution in [2.45, 2.75) is 39.3 Å². The molecule has 0 aliphatic heterocycles. The van der Waals surface area contributed by atoms with E-state index in [0.717, 1.165) is 30.0 Å². The van der Waals surface area contributed by atoms with Gasteiger partial charge in [0.05, 0.1) is 6.04 Å². The highest BCUT2D eigenvalue weighted by atomic mass is 16.1. The Kier molecular flexibility index (Phi) is 5.73. The number of aryl methyl sites for hydroxylation is 2. The van der Waals surface area contributed by atoms with E-state index < -0.39 is 0 Å². The molecule has 1 aromatic carbocycles. The van der Waals surface area contributed by atoms with Gasteiger partial charge in [0.2, 0.25) is 5.91 Å². The summed E-state index contributed by atoms with van der Waals surface area (Å²) < 4.78 is 1.80. The molecule has 0 aliphatic carbocycles. The van der Waals surface area contributed by atoms with E-state index in [2.05, 4.69) is 44.6 Å². The summed E-state index contributed by atoms with van der Waals surface area (Å²) >= 11 is 0. The molecule has 1 amide bonds. The molecule has 0 radical (unpaired) electrons. The number of carbonyl (C=O) groups excluding carboxylic acids is 1. The van der Waals surface area contributed by atoms with Crippen LogP contribution in [0.25, 0.3) is 0 Å². The molecule has 1 atom stereocenters. The molecule has 0 saturated heterocycles. The van der Waals surface area contributed by atoms with Crippen molar-refractivity contribution in [1.82, 2.24) is 20.1 Å². The first kappa shape index (κ1) is 17.0. The molecule has 1 N–H and O–H groups in total. The average Bonchev–Trinajstić information content (AvgIpc) is 3.02. The van der Waals surface area contributed by atoms with Gasteiger partial charge in [0.25, 0.3) is 0 Å². The molecule has 1 aromatic heterocycles. The summed E-state index contributed by atoms with van der Waals surface area (Å²) in [5, 5.41) is 7.12. The van der Waals surface area contributed by atoms with Gasteiger partial charge in [-0.1, -0.05) is 12.1 Å². The lowest BCUT2D eigenvalue weighted by molar-refractivity contribution is -0.121. The monoisotopic (exact) mass is 315 g/mol. The number of hydrogen-bond donors (Lipinski definition) is 1. The number of nitrogens with zero attached hydrogens (tertiary/aromatic N) is 4. The second-order valence-electron chi connectivity index (χ2n) is 5.78. The van der Waals surface area contributed by atoms with Gasteiger partial charge in [0.15, 0.2) is 0 Å². The zero-order valence-corrected chi connectivity index (χ0v) is 14.3. The Hall–Kier alpha value is -2.37. The largest absolute Gasteiger partial charge is 0.378 e. The van der Waals surface area contributed by atoms with Crippen molar-refractivity contribution in [1.29, 1.82) is 0 Å². The highest BCUT2D eigenvalue weighted by Crippen LogP contribution is 2.14. The molecular formula is C17H25N5O. The van der Waals surface area contributed by atoms with Crippen LogP contribution in [-0.4, -0.2) is 34.8 Å². The van der Waals surface area contributed by atoms with Gasteiger partial charge >= 0.3 is 0 Å². The number of benzene rings is 1. The summed E-state index contributed by atoms with van der Waals surface area (Å²) in [7, 11) is 4.03. The van der Waals surface area contributed by atoms with Gasteiger partial charge in [-0.3, -0.25) is 4.79 Å². The maximum Gasteiger partial charge on any atom is 0.220 e. The third-order valence-electron chi connectivity index (χ3n) is 3.80. The third-order valence-corrected chi connectivity index (χ3v) is 3.80. The fourth-order valence-electron chi connectivity index (χ4n) is 2.45. The maximum atomic E-state index is 12.1. The standard InChI is InChI=1S/C17H25N5O/c1-5-22-17(18-12-19-22)13(2)20-16(23)11-8-14-6-9-15(10-7-14)21(3)4/h6-7,9-10,12-13H,5,8,11H2,1-4H3,(H,20,23)/t13-/m0/s1. The Labute approximate surface area is 137 Å². The molecule has 0 unspecified atom stereocenters. The van der Waals surface area contributed by atoms with Crippen molar-refractivity contribution in [2.75, 3.05) is 19.0 Å². The van der Waals surface area contributed by atoms with Gasteiger partial charge in [0, 0.05) is 32.7 Å². The van der Waals surface area contributed by atoms with Gasteiger partial charge in [-0.25, -0.2) is 9.67 Å². The SMILES string of the molecule is CCn1ncnc1[C@H](C)NC(=O)CCc1ccc(N(C)C)cc1. The molecule has 0 fully saturated rings.